The summed E-state index contributed by atoms with van der Waals surface area (Å²) in [6.45, 7) is 8.19. The molecule has 0 aromatic heterocycles. The van der Waals surface area contributed by atoms with Crippen LogP contribution in [-0.4, -0.2) is 17.5 Å². The van der Waals surface area contributed by atoms with Gasteiger partial charge in [0.15, 0.2) is 17.3 Å². The van der Waals surface area contributed by atoms with Crippen molar-refractivity contribution in [1.29, 1.82) is 0 Å². The number of fused-ring (bicyclic) bond motifs is 2. The second-order valence-electron chi connectivity index (χ2n) is 9.54. The van der Waals surface area contributed by atoms with Crippen molar-refractivity contribution < 1.29 is 19.2 Å². The van der Waals surface area contributed by atoms with Crippen LogP contribution in [0.25, 0.3) is 0 Å². The second-order valence-corrected chi connectivity index (χ2v) is 9.54. The molecule has 2 aliphatic heterocycles. The smallest absolute Gasteiger partial charge is 0.279 e. The number of anilines is 2. The van der Waals surface area contributed by atoms with E-state index in [-0.39, 0.29) is 23.7 Å². The van der Waals surface area contributed by atoms with Crippen LogP contribution in [0.15, 0.2) is 35.5 Å². The molecule has 2 aromatic carbocycles. The number of nitrogens with one attached hydrogen (secondary N) is 2. The maximum atomic E-state index is 13.4. The molecule has 1 atom stereocenters. The zero-order valence-electron chi connectivity index (χ0n) is 18.5. The first-order chi connectivity index (χ1) is 15.1. The van der Waals surface area contributed by atoms with Gasteiger partial charge in [0.1, 0.15) is 0 Å². The highest BCUT2D eigenvalue weighted by Gasteiger charge is 2.41. The van der Waals surface area contributed by atoms with Crippen LogP contribution in [0.5, 0.6) is 11.5 Å². The lowest BCUT2D eigenvalue weighted by atomic mass is 9.73. The van der Waals surface area contributed by atoms with Gasteiger partial charge in [0, 0.05) is 17.7 Å². The molecule has 8 nitrogen and oxygen atoms in total. The van der Waals surface area contributed by atoms with Crippen LogP contribution in [0.4, 0.5) is 17.1 Å². The SMILES string of the molecule is Cc1cc2c(cc1C)NC(c1cc3c(cc1[N+](=O)[O-])OCO3)C1=C(CC(C)(C)CC1=O)N2. The molecule has 2 N–H and O–H groups in total. The monoisotopic (exact) mass is 435 g/mol. The molecule has 0 radical (unpaired) electrons. The lowest BCUT2D eigenvalue weighted by Crippen LogP contribution is -2.31. The predicted molar refractivity (Wildman–Crippen MR) is 120 cm³/mol. The van der Waals surface area contributed by atoms with Crippen molar-refractivity contribution in [1.82, 2.24) is 0 Å². The fourth-order valence-corrected chi connectivity index (χ4v) is 4.78. The summed E-state index contributed by atoms with van der Waals surface area (Å²) in [5.41, 5.74) is 5.27. The molecule has 1 aliphatic carbocycles. The molecular formula is C24H25N3O5. The van der Waals surface area contributed by atoms with Gasteiger partial charge in [0.2, 0.25) is 6.79 Å². The van der Waals surface area contributed by atoms with Gasteiger partial charge in [0.05, 0.1) is 34.0 Å². The van der Waals surface area contributed by atoms with Gasteiger partial charge < -0.3 is 20.1 Å². The maximum absolute atomic E-state index is 13.4. The van der Waals surface area contributed by atoms with Crippen LogP contribution >= 0.6 is 0 Å². The number of benzene rings is 2. The van der Waals surface area contributed by atoms with Crippen molar-refractivity contribution in [2.75, 3.05) is 17.4 Å². The van der Waals surface area contributed by atoms with Crippen molar-refractivity contribution in [2.24, 2.45) is 5.41 Å². The van der Waals surface area contributed by atoms with Gasteiger partial charge in [-0.3, -0.25) is 14.9 Å². The highest BCUT2D eigenvalue weighted by atomic mass is 16.7. The van der Waals surface area contributed by atoms with Gasteiger partial charge in [-0.05, 0) is 55.0 Å². The van der Waals surface area contributed by atoms with E-state index < -0.39 is 11.0 Å². The van der Waals surface area contributed by atoms with E-state index in [9.17, 15) is 14.9 Å². The number of nitrogens with zero attached hydrogens (tertiary/aromatic N) is 1. The normalized spacial score (nSPS) is 20.6. The average Bonchev–Trinajstić information content (AvgIpc) is 3.09. The average molecular weight is 435 g/mol. The Morgan fingerprint density at radius 3 is 2.38 bits per heavy atom. The Bertz CT molecular complexity index is 1210. The summed E-state index contributed by atoms with van der Waals surface area (Å²) in [6.07, 6.45) is 1.04. The Hall–Kier alpha value is -3.55. The Morgan fingerprint density at radius 2 is 1.69 bits per heavy atom. The molecule has 0 spiro atoms. The van der Waals surface area contributed by atoms with Crippen molar-refractivity contribution in [2.45, 2.75) is 46.6 Å². The largest absolute Gasteiger partial charge is 0.454 e. The third-order valence-electron chi connectivity index (χ3n) is 6.46. The number of ketones is 1. The molecule has 0 saturated carbocycles. The lowest BCUT2D eigenvalue weighted by Gasteiger charge is -2.34. The number of Topliss-reactive ketones (excluding diaryl/α,β-unsaturated/α-hetero) is 1. The summed E-state index contributed by atoms with van der Waals surface area (Å²) in [6, 6.07) is 6.38. The zero-order chi connectivity index (χ0) is 22.8. The summed E-state index contributed by atoms with van der Waals surface area (Å²) in [4.78, 5) is 25.0. The van der Waals surface area contributed by atoms with Crippen molar-refractivity contribution in [3.8, 4) is 11.5 Å². The van der Waals surface area contributed by atoms with E-state index >= 15 is 0 Å². The summed E-state index contributed by atoms with van der Waals surface area (Å²) >= 11 is 0. The Kier molecular flexibility index (Phi) is 4.44. The molecule has 32 heavy (non-hydrogen) atoms. The van der Waals surface area contributed by atoms with E-state index in [1.54, 1.807) is 6.07 Å². The number of hydrogen-bond acceptors (Lipinski definition) is 7. The van der Waals surface area contributed by atoms with E-state index in [0.717, 1.165) is 28.2 Å². The van der Waals surface area contributed by atoms with Crippen LogP contribution in [-0.2, 0) is 4.79 Å². The minimum Gasteiger partial charge on any atom is -0.454 e. The topological polar surface area (TPSA) is 103 Å². The Morgan fingerprint density at radius 1 is 1.03 bits per heavy atom. The second kappa shape index (κ2) is 6.98. The van der Waals surface area contributed by atoms with Gasteiger partial charge in [-0.15, -0.1) is 0 Å². The molecular weight excluding hydrogens is 410 g/mol. The van der Waals surface area contributed by atoms with E-state index in [1.807, 2.05) is 26.0 Å². The highest BCUT2D eigenvalue weighted by molar-refractivity contribution is 6.01. The third-order valence-corrected chi connectivity index (χ3v) is 6.46. The van der Waals surface area contributed by atoms with E-state index in [2.05, 4.69) is 24.5 Å². The fourth-order valence-electron chi connectivity index (χ4n) is 4.78. The van der Waals surface area contributed by atoms with Crippen molar-refractivity contribution >= 4 is 22.8 Å². The molecule has 1 unspecified atom stereocenters. The van der Waals surface area contributed by atoms with E-state index in [0.29, 0.717) is 35.5 Å². The molecule has 3 aliphatic rings. The number of carbonyl (C=O) groups is 1. The summed E-state index contributed by atoms with van der Waals surface area (Å²) < 4.78 is 10.9. The summed E-state index contributed by atoms with van der Waals surface area (Å²) in [5, 5.41) is 18.9. The Labute approximate surface area is 185 Å². The lowest BCUT2D eigenvalue weighted by molar-refractivity contribution is -0.385. The zero-order valence-corrected chi connectivity index (χ0v) is 18.5. The molecule has 2 heterocycles. The molecule has 8 heteroatoms. The maximum Gasteiger partial charge on any atom is 0.279 e. The third kappa shape index (κ3) is 3.26. The van der Waals surface area contributed by atoms with Crippen molar-refractivity contribution in [3.63, 3.8) is 0 Å². The van der Waals surface area contributed by atoms with Gasteiger partial charge in [-0.1, -0.05) is 13.8 Å². The van der Waals surface area contributed by atoms with Crippen LogP contribution in [0.3, 0.4) is 0 Å². The van der Waals surface area contributed by atoms with Crippen LogP contribution in [0.1, 0.15) is 49.4 Å². The first kappa shape index (κ1) is 20.4. The number of carbonyl (C=O) groups excluding carboxylic acids is 1. The standard InChI is InChI=1S/C24H25N3O5/c1-12-5-15-16(6-13(12)2)26-23(22-17(25-15)9-24(3,4)10-19(22)28)14-7-20-21(32-11-31-20)8-18(14)27(29)30/h5-8,23,25-26H,9-11H2,1-4H3. The van der Waals surface area contributed by atoms with Gasteiger partial charge in [0.25, 0.3) is 5.69 Å². The number of allylic oxidation sites excluding steroid dienone is 1. The number of ether oxygens (including phenoxy) is 2. The molecule has 2 aromatic rings. The van der Waals surface area contributed by atoms with Gasteiger partial charge >= 0.3 is 0 Å². The Balaban J connectivity index is 1.75. The first-order valence-corrected chi connectivity index (χ1v) is 10.6. The van der Waals surface area contributed by atoms with Gasteiger partial charge in [-0.25, -0.2) is 0 Å². The fraction of sp³-hybridized carbons (Fsp3) is 0.375. The quantitative estimate of drug-likeness (QED) is 0.496. The van der Waals surface area contributed by atoms with Crippen LogP contribution in [0, 0.1) is 29.4 Å². The highest BCUT2D eigenvalue weighted by Crippen LogP contribution is 2.49. The summed E-state index contributed by atoms with van der Waals surface area (Å²) in [5.74, 6) is 0.759. The van der Waals surface area contributed by atoms with Crippen molar-refractivity contribution in [3.05, 3.63) is 62.3 Å². The van der Waals surface area contributed by atoms with Gasteiger partial charge in [-0.2, -0.15) is 0 Å². The molecule has 0 amide bonds. The molecule has 0 fully saturated rings. The number of nitro benzene ring substituents is 1. The molecule has 166 valence electrons. The van der Waals surface area contributed by atoms with E-state index in [1.165, 1.54) is 6.07 Å². The number of aryl methyl sites for hydroxylation is 2. The van der Waals surface area contributed by atoms with E-state index in [4.69, 9.17) is 9.47 Å². The first-order valence-electron chi connectivity index (χ1n) is 10.6. The molecule has 0 saturated heterocycles. The summed E-state index contributed by atoms with van der Waals surface area (Å²) in [7, 11) is 0. The predicted octanol–water partition coefficient (Wildman–Crippen LogP) is 5.16. The van der Waals surface area contributed by atoms with Crippen LogP contribution in [0.2, 0.25) is 0 Å². The number of hydrogen-bond donors (Lipinski definition) is 2. The molecule has 5 rings (SSSR count). The minimum absolute atomic E-state index is 0.0119. The number of rotatable bonds is 2. The molecule has 0 bridgehead atoms. The number of nitro groups is 1. The minimum atomic E-state index is -0.695. The van der Waals surface area contributed by atoms with Crippen LogP contribution < -0.4 is 20.1 Å².